The first kappa shape index (κ1) is 25.0. The summed E-state index contributed by atoms with van der Waals surface area (Å²) in [5, 5.41) is 9.98. The highest BCUT2D eigenvalue weighted by Gasteiger charge is 2.34. The molecule has 0 unspecified atom stereocenters. The van der Waals surface area contributed by atoms with E-state index in [1.54, 1.807) is 6.07 Å². The fourth-order valence-electron chi connectivity index (χ4n) is 3.45. The Labute approximate surface area is 191 Å². The summed E-state index contributed by atoms with van der Waals surface area (Å²) in [6.07, 6.45) is -0.0108. The van der Waals surface area contributed by atoms with Crippen molar-refractivity contribution in [2.45, 2.75) is 47.3 Å². The number of ether oxygens (including phenoxy) is 1. The van der Waals surface area contributed by atoms with Crippen LogP contribution < -0.4 is 9.44 Å². The molecule has 1 fully saturated rings. The fraction of sp³-hybridized carbons (Fsp3) is 0.400. The summed E-state index contributed by atoms with van der Waals surface area (Å²) >= 11 is 5.87. The zero-order valence-corrected chi connectivity index (χ0v) is 19.3. The molecule has 1 aliphatic heterocycles. The van der Waals surface area contributed by atoms with Gasteiger partial charge in [0.05, 0.1) is 34.6 Å². The Bertz CT molecular complexity index is 1150. The Kier molecular flexibility index (Phi) is 8.26. The van der Waals surface area contributed by atoms with Gasteiger partial charge in [-0.15, -0.1) is 0 Å². The van der Waals surface area contributed by atoms with Crippen molar-refractivity contribution in [1.29, 1.82) is 0 Å². The highest BCUT2D eigenvalue weighted by molar-refractivity contribution is 7.89. The van der Waals surface area contributed by atoms with Crippen LogP contribution in [0.3, 0.4) is 0 Å². The molecule has 1 saturated heterocycles. The van der Waals surface area contributed by atoms with Crippen LogP contribution in [-0.2, 0) is 24.8 Å². The number of rotatable bonds is 9. The summed E-state index contributed by atoms with van der Waals surface area (Å²) in [4.78, 5) is -0.165. The number of halogens is 2. The SMILES string of the molecule is O=S(=O)(NCC[C@@H]1CC[C@H](NS(=O)(=O)c2cccc(Cl)c2)[C@H](CO)O1)c1cccc(F)c1. The third kappa shape index (κ3) is 6.47. The van der Waals surface area contributed by atoms with E-state index in [0.717, 1.165) is 12.1 Å². The van der Waals surface area contributed by atoms with Crippen molar-refractivity contribution in [3.63, 3.8) is 0 Å². The second-order valence-corrected chi connectivity index (χ2v) is 11.3. The lowest BCUT2D eigenvalue weighted by atomic mass is 9.98. The van der Waals surface area contributed by atoms with Crippen molar-refractivity contribution in [2.75, 3.05) is 13.2 Å². The number of hydrogen-bond donors (Lipinski definition) is 3. The zero-order valence-electron chi connectivity index (χ0n) is 16.9. The summed E-state index contributed by atoms with van der Waals surface area (Å²) in [5.74, 6) is -0.652. The summed E-state index contributed by atoms with van der Waals surface area (Å²) in [7, 11) is -7.73. The van der Waals surface area contributed by atoms with Gasteiger partial charge in [0.1, 0.15) is 5.82 Å². The van der Waals surface area contributed by atoms with Gasteiger partial charge in [-0.25, -0.2) is 30.7 Å². The number of nitrogens with one attached hydrogen (secondary N) is 2. The molecule has 0 bridgehead atoms. The van der Waals surface area contributed by atoms with Crippen molar-refractivity contribution < 1.29 is 31.1 Å². The third-order valence-electron chi connectivity index (χ3n) is 5.07. The van der Waals surface area contributed by atoms with E-state index >= 15 is 0 Å². The van der Waals surface area contributed by atoms with Gasteiger partial charge in [0.2, 0.25) is 20.0 Å². The van der Waals surface area contributed by atoms with Gasteiger partial charge in [0.25, 0.3) is 0 Å². The molecular weight excluding hydrogens is 483 g/mol. The van der Waals surface area contributed by atoms with Gasteiger partial charge in [-0.2, -0.15) is 0 Å². The number of hydrogen-bond acceptors (Lipinski definition) is 6. The van der Waals surface area contributed by atoms with Gasteiger partial charge in [-0.05, 0) is 55.7 Å². The van der Waals surface area contributed by atoms with Crippen LogP contribution >= 0.6 is 11.6 Å². The van der Waals surface area contributed by atoms with Crippen molar-refractivity contribution in [3.05, 3.63) is 59.4 Å². The van der Waals surface area contributed by atoms with Crippen molar-refractivity contribution >= 4 is 31.6 Å². The molecule has 0 amide bonds. The molecule has 0 saturated carbocycles. The molecule has 3 rings (SSSR count). The van der Waals surface area contributed by atoms with E-state index in [4.69, 9.17) is 16.3 Å². The van der Waals surface area contributed by atoms with E-state index < -0.39 is 44.6 Å². The third-order valence-corrected chi connectivity index (χ3v) is 8.25. The standard InChI is InChI=1S/C20H24ClFN2O6S2/c21-14-3-1-5-17(11-14)32(28,29)24-19-8-7-16(30-20(19)13-25)9-10-23-31(26,27)18-6-2-4-15(22)12-18/h1-6,11-12,16,19-20,23-25H,7-10,13H2/t16-,19-,20-/m0/s1. The molecule has 176 valence electrons. The van der Waals surface area contributed by atoms with Gasteiger partial charge in [0, 0.05) is 11.6 Å². The van der Waals surface area contributed by atoms with Gasteiger partial charge in [-0.1, -0.05) is 23.7 Å². The Morgan fingerprint density at radius 3 is 2.38 bits per heavy atom. The number of aliphatic hydroxyl groups is 1. The highest BCUT2D eigenvalue weighted by Crippen LogP contribution is 2.24. The predicted octanol–water partition coefficient (Wildman–Crippen LogP) is 2.03. The number of aliphatic hydroxyl groups excluding tert-OH is 1. The topological polar surface area (TPSA) is 122 Å². The fourth-order valence-corrected chi connectivity index (χ4v) is 6.13. The van der Waals surface area contributed by atoms with Crippen LogP contribution in [0.4, 0.5) is 4.39 Å². The maximum Gasteiger partial charge on any atom is 0.240 e. The maximum atomic E-state index is 13.3. The molecule has 0 aromatic heterocycles. The average Bonchev–Trinajstić information content (AvgIpc) is 2.74. The van der Waals surface area contributed by atoms with E-state index in [1.807, 2.05) is 0 Å². The number of sulfonamides is 2. The van der Waals surface area contributed by atoms with E-state index in [-0.39, 0.29) is 27.5 Å². The molecule has 0 radical (unpaired) electrons. The maximum absolute atomic E-state index is 13.3. The van der Waals surface area contributed by atoms with Crippen LogP contribution in [0.25, 0.3) is 0 Å². The molecule has 2 aromatic carbocycles. The van der Waals surface area contributed by atoms with Crippen molar-refractivity contribution in [2.24, 2.45) is 0 Å². The van der Waals surface area contributed by atoms with Gasteiger partial charge >= 0.3 is 0 Å². The van der Waals surface area contributed by atoms with E-state index in [2.05, 4.69) is 9.44 Å². The minimum absolute atomic E-state index is 0.00979. The monoisotopic (exact) mass is 506 g/mol. The number of benzene rings is 2. The van der Waals surface area contributed by atoms with Crippen molar-refractivity contribution in [1.82, 2.24) is 9.44 Å². The summed E-state index contributed by atoms with van der Waals surface area (Å²) < 4.78 is 73.8. The molecule has 1 heterocycles. The second-order valence-electron chi connectivity index (χ2n) is 7.39. The minimum Gasteiger partial charge on any atom is -0.394 e. The quantitative estimate of drug-likeness (QED) is 0.478. The summed E-state index contributed by atoms with van der Waals surface area (Å²) in [6, 6.07) is 9.87. The van der Waals surface area contributed by atoms with E-state index in [9.17, 15) is 26.3 Å². The molecule has 8 nitrogen and oxygen atoms in total. The normalized spacial score (nSPS) is 22.0. The molecular formula is C20H24ClFN2O6S2. The molecule has 0 spiro atoms. The first-order valence-electron chi connectivity index (χ1n) is 9.90. The lowest BCUT2D eigenvalue weighted by Gasteiger charge is -2.36. The first-order valence-corrected chi connectivity index (χ1v) is 13.2. The average molecular weight is 507 g/mol. The van der Waals surface area contributed by atoms with E-state index in [1.165, 1.54) is 30.3 Å². The molecule has 0 aliphatic carbocycles. The lowest BCUT2D eigenvalue weighted by molar-refractivity contribution is -0.0869. The molecule has 3 atom stereocenters. The minimum atomic E-state index is -3.87. The highest BCUT2D eigenvalue weighted by atomic mass is 35.5. The zero-order chi connectivity index (χ0) is 23.4. The van der Waals surface area contributed by atoms with Crippen LogP contribution in [0, 0.1) is 5.82 Å². The molecule has 12 heteroatoms. The smallest absolute Gasteiger partial charge is 0.240 e. The van der Waals surface area contributed by atoms with Crippen molar-refractivity contribution in [3.8, 4) is 0 Å². The van der Waals surface area contributed by atoms with E-state index in [0.29, 0.717) is 19.3 Å². The molecule has 32 heavy (non-hydrogen) atoms. The van der Waals surface area contributed by atoms with Crippen LogP contribution in [0.2, 0.25) is 5.02 Å². The first-order chi connectivity index (χ1) is 15.1. The van der Waals surface area contributed by atoms with Crippen LogP contribution in [0.5, 0.6) is 0 Å². The Balaban J connectivity index is 1.55. The summed E-state index contributed by atoms with van der Waals surface area (Å²) in [6.45, 7) is -0.366. The Hall–Kier alpha value is -1.60. The predicted molar refractivity (Wildman–Crippen MR) is 117 cm³/mol. The Morgan fingerprint density at radius 2 is 1.72 bits per heavy atom. The largest absolute Gasteiger partial charge is 0.394 e. The van der Waals surface area contributed by atoms with Gasteiger partial charge in [0.15, 0.2) is 0 Å². The Morgan fingerprint density at radius 1 is 1.03 bits per heavy atom. The van der Waals surface area contributed by atoms with Crippen LogP contribution in [0.1, 0.15) is 19.3 Å². The molecule has 2 aromatic rings. The van der Waals surface area contributed by atoms with Crippen LogP contribution in [0.15, 0.2) is 58.3 Å². The van der Waals surface area contributed by atoms with Gasteiger partial charge < -0.3 is 9.84 Å². The lowest BCUT2D eigenvalue weighted by Crippen LogP contribution is -2.51. The molecule has 1 aliphatic rings. The van der Waals surface area contributed by atoms with Gasteiger partial charge in [-0.3, -0.25) is 0 Å². The second kappa shape index (κ2) is 10.6. The molecule has 3 N–H and O–H groups in total. The van der Waals surface area contributed by atoms with Crippen LogP contribution in [-0.4, -0.2) is 53.3 Å². The summed E-state index contributed by atoms with van der Waals surface area (Å²) in [5.41, 5.74) is 0.